The molecule has 3 aromatic rings. The molecule has 44 heavy (non-hydrogen) atoms. The number of hydrogen-bond acceptors (Lipinski definition) is 5. The van der Waals surface area contributed by atoms with Crippen LogP contribution >= 0.6 is 11.6 Å². The number of halogens is 1. The highest BCUT2D eigenvalue weighted by molar-refractivity contribution is 7.92. The molecule has 0 bridgehead atoms. The second-order valence-corrected chi connectivity index (χ2v) is 13.4. The minimum Gasteiger partial charge on any atom is -0.494 e. The topological polar surface area (TPSA) is 96.0 Å². The van der Waals surface area contributed by atoms with E-state index in [9.17, 15) is 18.0 Å². The number of anilines is 1. The molecule has 1 aliphatic rings. The summed E-state index contributed by atoms with van der Waals surface area (Å²) in [6.07, 6.45) is 5.41. The van der Waals surface area contributed by atoms with Crippen LogP contribution in [0.3, 0.4) is 0 Å². The van der Waals surface area contributed by atoms with Crippen molar-refractivity contribution in [3.63, 3.8) is 0 Å². The lowest BCUT2D eigenvalue weighted by atomic mass is 9.95. The Morgan fingerprint density at radius 1 is 0.955 bits per heavy atom. The molecule has 1 atom stereocenters. The first-order valence-corrected chi connectivity index (χ1v) is 17.1. The Labute approximate surface area is 266 Å². The minimum atomic E-state index is -4.16. The van der Waals surface area contributed by atoms with Gasteiger partial charge in [0.25, 0.3) is 10.0 Å². The molecular weight excluding hydrogens is 598 g/mol. The summed E-state index contributed by atoms with van der Waals surface area (Å²) < 4.78 is 34.8. The molecule has 1 N–H and O–H groups in total. The first kappa shape index (κ1) is 33.3. The molecule has 4 rings (SSSR count). The third-order valence-corrected chi connectivity index (χ3v) is 10.1. The van der Waals surface area contributed by atoms with Crippen molar-refractivity contribution < 1.29 is 22.7 Å². The molecule has 0 saturated heterocycles. The second kappa shape index (κ2) is 15.4. The van der Waals surface area contributed by atoms with E-state index >= 15 is 0 Å². The molecule has 10 heteroatoms. The van der Waals surface area contributed by atoms with Gasteiger partial charge in [0, 0.05) is 17.6 Å². The molecule has 1 fully saturated rings. The lowest BCUT2D eigenvalue weighted by Gasteiger charge is -2.34. The predicted octanol–water partition coefficient (Wildman–Crippen LogP) is 6.50. The molecule has 3 aromatic carbocycles. The maximum Gasteiger partial charge on any atom is 0.264 e. The van der Waals surface area contributed by atoms with E-state index in [1.807, 2.05) is 32.9 Å². The summed E-state index contributed by atoms with van der Waals surface area (Å²) in [4.78, 5) is 29.5. The second-order valence-electron chi connectivity index (χ2n) is 11.1. The highest BCUT2D eigenvalue weighted by Gasteiger charge is 2.34. The minimum absolute atomic E-state index is 0.0524. The van der Waals surface area contributed by atoms with Crippen LogP contribution in [0.4, 0.5) is 5.69 Å². The highest BCUT2D eigenvalue weighted by Crippen LogP contribution is 2.28. The number of aryl methyl sites for hydroxylation is 1. The molecule has 0 aliphatic heterocycles. The molecular formula is C34H42ClN3O5S. The van der Waals surface area contributed by atoms with Gasteiger partial charge in [-0.05, 0) is 81.1 Å². The Morgan fingerprint density at radius 3 is 2.23 bits per heavy atom. The lowest BCUT2D eigenvalue weighted by Crippen LogP contribution is -2.54. The third-order valence-electron chi connectivity index (χ3n) is 7.96. The van der Waals surface area contributed by atoms with E-state index < -0.39 is 28.5 Å². The Balaban J connectivity index is 1.71. The summed E-state index contributed by atoms with van der Waals surface area (Å²) in [5, 5.41) is 3.62. The maximum atomic E-state index is 14.3. The molecule has 0 radical (unpaired) electrons. The Hall–Kier alpha value is -3.56. The van der Waals surface area contributed by atoms with Gasteiger partial charge in [0.1, 0.15) is 18.3 Å². The predicted molar refractivity (Wildman–Crippen MR) is 174 cm³/mol. The number of sulfonamides is 1. The fraction of sp³-hybridized carbons (Fsp3) is 0.412. The molecule has 236 valence electrons. The monoisotopic (exact) mass is 639 g/mol. The number of amides is 2. The van der Waals surface area contributed by atoms with E-state index in [2.05, 4.69) is 5.32 Å². The first-order chi connectivity index (χ1) is 21.1. The van der Waals surface area contributed by atoms with Gasteiger partial charge in [-0.1, -0.05) is 73.7 Å². The molecule has 0 heterocycles. The van der Waals surface area contributed by atoms with Gasteiger partial charge in [-0.25, -0.2) is 8.42 Å². The zero-order valence-electron chi connectivity index (χ0n) is 25.7. The molecule has 8 nitrogen and oxygen atoms in total. The van der Waals surface area contributed by atoms with Crippen LogP contribution in [0.25, 0.3) is 0 Å². The summed E-state index contributed by atoms with van der Waals surface area (Å²) in [6, 6.07) is 19.5. The van der Waals surface area contributed by atoms with Gasteiger partial charge in [0.2, 0.25) is 11.8 Å². The van der Waals surface area contributed by atoms with Crippen LogP contribution in [-0.4, -0.2) is 50.4 Å². The normalized spacial score (nSPS) is 14.5. The molecule has 1 saturated carbocycles. The van der Waals surface area contributed by atoms with E-state index in [1.165, 1.54) is 17.0 Å². The fourth-order valence-corrected chi connectivity index (χ4v) is 7.13. The SMILES string of the molecule is CCOc1ccc(N(CC(=O)N(Cc2ccccc2Cl)[C@H](CC)C(=O)NC2CCCCC2)S(=O)(=O)c2ccc(C)cc2)cc1. The average molecular weight is 640 g/mol. The van der Waals surface area contributed by atoms with E-state index in [0.29, 0.717) is 35.1 Å². The van der Waals surface area contributed by atoms with E-state index in [-0.39, 0.29) is 23.4 Å². The number of ether oxygens (including phenoxy) is 1. The van der Waals surface area contributed by atoms with Crippen molar-refractivity contribution in [1.82, 2.24) is 10.2 Å². The largest absolute Gasteiger partial charge is 0.494 e. The van der Waals surface area contributed by atoms with Gasteiger partial charge in [-0.2, -0.15) is 0 Å². The fourth-order valence-electron chi connectivity index (χ4n) is 5.52. The summed E-state index contributed by atoms with van der Waals surface area (Å²) >= 11 is 6.51. The number of nitrogens with one attached hydrogen (secondary N) is 1. The van der Waals surface area contributed by atoms with Gasteiger partial charge in [-0.3, -0.25) is 13.9 Å². The summed E-state index contributed by atoms with van der Waals surface area (Å²) in [5.41, 5.74) is 1.88. The Bertz CT molecular complexity index is 1510. The first-order valence-electron chi connectivity index (χ1n) is 15.3. The van der Waals surface area contributed by atoms with Crippen LogP contribution in [0.2, 0.25) is 5.02 Å². The van der Waals surface area contributed by atoms with Gasteiger partial charge in [0.15, 0.2) is 0 Å². The van der Waals surface area contributed by atoms with Crippen LogP contribution in [0.15, 0.2) is 77.7 Å². The van der Waals surface area contributed by atoms with Crippen molar-refractivity contribution in [1.29, 1.82) is 0 Å². The molecule has 0 spiro atoms. The van der Waals surface area contributed by atoms with Gasteiger partial charge >= 0.3 is 0 Å². The number of hydrogen-bond donors (Lipinski definition) is 1. The lowest BCUT2D eigenvalue weighted by molar-refractivity contribution is -0.140. The van der Waals surface area contributed by atoms with Crippen LogP contribution in [0.1, 0.15) is 63.5 Å². The molecule has 0 aromatic heterocycles. The molecule has 2 amide bonds. The van der Waals surface area contributed by atoms with Crippen molar-refractivity contribution in [3.8, 4) is 5.75 Å². The quantitative estimate of drug-likeness (QED) is 0.230. The van der Waals surface area contributed by atoms with Gasteiger partial charge < -0.3 is 15.0 Å². The number of benzene rings is 3. The van der Waals surface area contributed by atoms with Crippen molar-refractivity contribution in [2.24, 2.45) is 0 Å². The van der Waals surface area contributed by atoms with Crippen LogP contribution in [-0.2, 0) is 26.2 Å². The van der Waals surface area contributed by atoms with Crippen LogP contribution in [0.5, 0.6) is 5.75 Å². The smallest absolute Gasteiger partial charge is 0.264 e. The van der Waals surface area contributed by atoms with E-state index in [1.54, 1.807) is 48.5 Å². The summed E-state index contributed by atoms with van der Waals surface area (Å²) in [6.45, 7) is 5.59. The zero-order chi connectivity index (χ0) is 31.7. The average Bonchev–Trinajstić information content (AvgIpc) is 3.02. The summed E-state index contributed by atoms with van der Waals surface area (Å²) in [7, 11) is -4.16. The van der Waals surface area contributed by atoms with Gasteiger partial charge in [-0.15, -0.1) is 0 Å². The number of rotatable bonds is 13. The van der Waals surface area contributed by atoms with E-state index in [4.69, 9.17) is 16.3 Å². The molecule has 0 unspecified atom stereocenters. The standard InChI is InChI=1S/C34H42ClN3O5S/c1-4-32(34(40)36-27-12-7-6-8-13-27)37(23-26-11-9-10-14-31(26)35)33(39)24-38(28-17-19-29(20-18-28)43-5-2)44(41,42)30-21-15-25(3)16-22-30/h9-11,14-22,27,32H,4-8,12-13,23-24H2,1-3H3,(H,36,40)/t32-/m1/s1. The summed E-state index contributed by atoms with van der Waals surface area (Å²) in [5.74, 6) is -0.171. The van der Waals surface area contributed by atoms with Crippen molar-refractivity contribution in [2.75, 3.05) is 17.5 Å². The van der Waals surface area contributed by atoms with Crippen molar-refractivity contribution >= 4 is 39.1 Å². The Morgan fingerprint density at radius 2 is 1.61 bits per heavy atom. The van der Waals surface area contributed by atoms with Crippen molar-refractivity contribution in [2.45, 2.75) is 82.8 Å². The van der Waals surface area contributed by atoms with E-state index in [0.717, 1.165) is 42.0 Å². The highest BCUT2D eigenvalue weighted by atomic mass is 35.5. The third kappa shape index (κ3) is 8.33. The van der Waals surface area contributed by atoms with Crippen molar-refractivity contribution in [3.05, 3.63) is 88.9 Å². The van der Waals surface area contributed by atoms with Crippen LogP contribution in [0, 0.1) is 6.92 Å². The number of nitrogens with zero attached hydrogens (tertiary/aromatic N) is 2. The number of carbonyl (C=O) groups is 2. The Kier molecular flexibility index (Phi) is 11.7. The zero-order valence-corrected chi connectivity index (χ0v) is 27.2. The van der Waals surface area contributed by atoms with Gasteiger partial charge in [0.05, 0.1) is 17.2 Å². The van der Waals surface area contributed by atoms with Crippen LogP contribution < -0.4 is 14.4 Å². The number of carbonyl (C=O) groups excluding carboxylic acids is 2. The molecule has 1 aliphatic carbocycles. The maximum absolute atomic E-state index is 14.3.